The van der Waals surface area contributed by atoms with Crippen LogP contribution in [0.5, 0.6) is 0 Å². The van der Waals surface area contributed by atoms with Gasteiger partial charge < -0.3 is 19.3 Å². The molecule has 0 amide bonds. The molecule has 0 saturated carbocycles. The first-order valence-electron chi connectivity index (χ1n) is 24.5. The summed E-state index contributed by atoms with van der Waals surface area (Å²) in [6.45, 7) is 19.8. The smallest absolute Gasteiger partial charge is 0.0717 e. The van der Waals surface area contributed by atoms with Crippen molar-refractivity contribution in [2.75, 3.05) is 52.5 Å². The van der Waals surface area contributed by atoms with Crippen molar-refractivity contribution in [1.29, 1.82) is 0 Å². The molecule has 2 aromatic carbocycles. The molecule has 0 heterocycles. The summed E-state index contributed by atoms with van der Waals surface area (Å²) in [5.74, 6) is 0. The van der Waals surface area contributed by atoms with Gasteiger partial charge in [-0.3, -0.25) is 0 Å². The highest BCUT2D eigenvalue weighted by Gasteiger charge is 2.08. The van der Waals surface area contributed by atoms with Gasteiger partial charge in [0.1, 0.15) is 0 Å². The predicted molar refractivity (Wildman–Crippen MR) is 247 cm³/mol. The molecule has 2 aromatic rings. The lowest BCUT2D eigenvalue weighted by atomic mass is 10.0. The van der Waals surface area contributed by atoms with Crippen molar-refractivity contribution in [1.82, 2.24) is 9.80 Å². The number of rotatable bonds is 41. The van der Waals surface area contributed by atoms with Crippen molar-refractivity contribution in [2.45, 2.75) is 208 Å². The lowest BCUT2D eigenvalue weighted by molar-refractivity contribution is 0.113. The Labute approximate surface area is 349 Å². The Hall–Kier alpha value is -1.72. The fourth-order valence-corrected chi connectivity index (χ4v) is 7.92. The lowest BCUT2D eigenvalue weighted by Crippen LogP contribution is -2.27. The molecule has 0 N–H and O–H groups in total. The third-order valence-electron chi connectivity index (χ3n) is 11.6. The van der Waals surface area contributed by atoms with Crippen LogP contribution in [0.3, 0.4) is 0 Å². The van der Waals surface area contributed by atoms with Gasteiger partial charge >= 0.3 is 0 Å². The number of hydrogen-bond donors (Lipinski definition) is 0. The largest absolute Gasteiger partial charge is 0.377 e. The summed E-state index contributed by atoms with van der Waals surface area (Å²) in [5, 5.41) is 0. The molecule has 0 aliphatic heterocycles. The van der Waals surface area contributed by atoms with Crippen LogP contribution >= 0.6 is 0 Å². The highest BCUT2D eigenvalue weighted by atomic mass is 16.5. The molecular weight excluding hydrogens is 685 g/mol. The van der Waals surface area contributed by atoms with Crippen molar-refractivity contribution in [3.8, 4) is 11.1 Å². The van der Waals surface area contributed by atoms with Gasteiger partial charge in [-0.1, -0.05) is 180 Å². The number of nitrogens with zero attached hydrogens (tertiary/aromatic N) is 2. The Morgan fingerprint density at radius 3 is 0.946 bits per heavy atom. The molecule has 0 saturated heterocycles. The van der Waals surface area contributed by atoms with E-state index in [1.165, 1.54) is 216 Å². The van der Waals surface area contributed by atoms with E-state index >= 15 is 0 Å². The Morgan fingerprint density at radius 1 is 0.339 bits per heavy atom. The zero-order valence-electron chi connectivity index (χ0n) is 37.8. The minimum atomic E-state index is 0.685. The Morgan fingerprint density at radius 2 is 0.625 bits per heavy atom. The SMILES string of the molecule is CCCCCCCCN(CCCCCCC)CCCCOCc1cccc(-c2cccc(COCCCCN(CCCCCCC)CCCCCCCC)c2)c1. The summed E-state index contributed by atoms with van der Waals surface area (Å²) >= 11 is 0. The van der Waals surface area contributed by atoms with Gasteiger partial charge in [-0.15, -0.1) is 0 Å². The number of unbranched alkanes of at least 4 members (excludes halogenated alkanes) is 20. The van der Waals surface area contributed by atoms with Gasteiger partial charge in [0.25, 0.3) is 0 Å². The molecule has 0 spiro atoms. The van der Waals surface area contributed by atoms with Crippen LogP contribution in [0.4, 0.5) is 0 Å². The average Bonchev–Trinajstić information content (AvgIpc) is 3.22. The second-order valence-electron chi connectivity index (χ2n) is 17.0. The quantitative estimate of drug-likeness (QED) is 0.0628. The average molecular weight is 777 g/mol. The summed E-state index contributed by atoms with van der Waals surface area (Å²) in [7, 11) is 0. The van der Waals surface area contributed by atoms with E-state index in [1.54, 1.807) is 0 Å². The molecule has 0 bridgehead atoms. The first kappa shape index (κ1) is 50.4. The molecule has 0 aliphatic carbocycles. The molecule has 0 aromatic heterocycles. The van der Waals surface area contributed by atoms with Crippen LogP contribution in [0.2, 0.25) is 0 Å². The molecule has 0 unspecified atom stereocenters. The first-order valence-corrected chi connectivity index (χ1v) is 24.5. The normalized spacial score (nSPS) is 11.8. The molecule has 0 fully saturated rings. The Bertz CT molecular complexity index is 1030. The van der Waals surface area contributed by atoms with E-state index in [4.69, 9.17) is 9.47 Å². The monoisotopic (exact) mass is 777 g/mol. The van der Waals surface area contributed by atoms with Crippen molar-refractivity contribution in [2.24, 2.45) is 0 Å². The third-order valence-corrected chi connectivity index (χ3v) is 11.6. The summed E-state index contributed by atoms with van der Waals surface area (Å²) in [6, 6.07) is 17.8. The standard InChI is InChI=1S/C52H92N2O2/c1-5-9-13-17-21-25-39-53(37-23-19-15-11-7-3)41-27-29-43-55-47-49-33-31-35-51(45-49)52-36-32-34-50(46-52)48-56-44-30-28-42-54(38-24-20-16-12-8-4)40-26-22-18-14-10-6-2/h31-36,45-46H,5-30,37-44,47-48H2,1-4H3. The summed E-state index contributed by atoms with van der Waals surface area (Å²) in [5.41, 5.74) is 5.04. The lowest BCUT2D eigenvalue weighted by Gasteiger charge is -2.22. The van der Waals surface area contributed by atoms with E-state index < -0.39 is 0 Å². The van der Waals surface area contributed by atoms with E-state index in [2.05, 4.69) is 86.0 Å². The molecule has 322 valence electrons. The molecule has 4 heteroatoms. The summed E-state index contributed by atoms with van der Waals surface area (Å²) in [4.78, 5) is 5.49. The van der Waals surface area contributed by atoms with Crippen molar-refractivity contribution in [3.63, 3.8) is 0 Å². The van der Waals surface area contributed by atoms with Crippen LogP contribution in [-0.4, -0.2) is 62.3 Å². The first-order chi connectivity index (χ1) is 27.7. The van der Waals surface area contributed by atoms with Crippen molar-refractivity contribution in [3.05, 3.63) is 59.7 Å². The third kappa shape index (κ3) is 27.8. The highest BCUT2D eigenvalue weighted by molar-refractivity contribution is 5.64. The highest BCUT2D eigenvalue weighted by Crippen LogP contribution is 2.23. The Balaban J connectivity index is 1.69. The van der Waals surface area contributed by atoms with E-state index in [0.29, 0.717) is 13.2 Å². The summed E-state index contributed by atoms with van der Waals surface area (Å²) in [6.07, 6.45) is 35.1. The van der Waals surface area contributed by atoms with Crippen LogP contribution in [0, 0.1) is 0 Å². The minimum Gasteiger partial charge on any atom is -0.377 e. The van der Waals surface area contributed by atoms with Crippen LogP contribution in [0.25, 0.3) is 11.1 Å². The van der Waals surface area contributed by atoms with E-state index in [1.807, 2.05) is 0 Å². The zero-order valence-corrected chi connectivity index (χ0v) is 37.8. The maximum atomic E-state index is 6.21. The number of hydrogen-bond acceptors (Lipinski definition) is 4. The second kappa shape index (κ2) is 37.5. The second-order valence-corrected chi connectivity index (χ2v) is 17.0. The molecule has 2 rings (SSSR count). The molecule has 0 atom stereocenters. The van der Waals surface area contributed by atoms with Gasteiger partial charge in [0, 0.05) is 13.2 Å². The number of ether oxygens (including phenoxy) is 2. The fourth-order valence-electron chi connectivity index (χ4n) is 7.92. The topological polar surface area (TPSA) is 24.9 Å². The van der Waals surface area contributed by atoms with E-state index in [0.717, 1.165) is 26.1 Å². The fraction of sp³-hybridized carbons (Fsp3) is 0.769. The molecule has 0 aliphatic rings. The zero-order chi connectivity index (χ0) is 40.0. The van der Waals surface area contributed by atoms with Crippen molar-refractivity contribution >= 4 is 0 Å². The maximum Gasteiger partial charge on any atom is 0.0717 e. The maximum absolute atomic E-state index is 6.21. The van der Waals surface area contributed by atoms with Gasteiger partial charge in [0.05, 0.1) is 13.2 Å². The van der Waals surface area contributed by atoms with E-state index in [-0.39, 0.29) is 0 Å². The van der Waals surface area contributed by atoms with Crippen LogP contribution in [0.15, 0.2) is 48.5 Å². The van der Waals surface area contributed by atoms with Gasteiger partial charge in [-0.05, 0) is 125 Å². The minimum absolute atomic E-state index is 0.685. The number of benzene rings is 2. The molecule has 56 heavy (non-hydrogen) atoms. The van der Waals surface area contributed by atoms with Crippen LogP contribution in [0.1, 0.15) is 206 Å². The van der Waals surface area contributed by atoms with Gasteiger partial charge in [0.2, 0.25) is 0 Å². The molecular formula is C52H92N2O2. The summed E-state index contributed by atoms with van der Waals surface area (Å²) < 4.78 is 12.4. The van der Waals surface area contributed by atoms with E-state index in [9.17, 15) is 0 Å². The van der Waals surface area contributed by atoms with Gasteiger partial charge in [-0.25, -0.2) is 0 Å². The van der Waals surface area contributed by atoms with Crippen LogP contribution < -0.4 is 0 Å². The molecule has 4 nitrogen and oxygen atoms in total. The Kier molecular flexibility index (Phi) is 33.8. The van der Waals surface area contributed by atoms with Gasteiger partial charge in [0.15, 0.2) is 0 Å². The van der Waals surface area contributed by atoms with Gasteiger partial charge in [-0.2, -0.15) is 0 Å². The van der Waals surface area contributed by atoms with Crippen molar-refractivity contribution < 1.29 is 9.47 Å². The molecule has 0 radical (unpaired) electrons. The van der Waals surface area contributed by atoms with Crippen LogP contribution in [-0.2, 0) is 22.7 Å². The predicted octanol–water partition coefficient (Wildman–Crippen LogP) is 15.2.